The minimum Gasteiger partial charge on any atom is -0.289 e. The van der Waals surface area contributed by atoms with E-state index in [9.17, 15) is 14.4 Å². The van der Waals surface area contributed by atoms with Gasteiger partial charge in [0.1, 0.15) is 0 Å². The van der Waals surface area contributed by atoms with Crippen LogP contribution in [0.3, 0.4) is 0 Å². The highest BCUT2D eigenvalue weighted by Gasteiger charge is 2.32. The molecule has 20 heavy (non-hydrogen) atoms. The van der Waals surface area contributed by atoms with Crippen molar-refractivity contribution in [1.82, 2.24) is 0 Å². The molecule has 0 N–H and O–H groups in total. The molecule has 0 spiro atoms. The normalized spacial score (nSPS) is 12.6. The molecule has 0 heterocycles. The Balaban J connectivity index is 2.34. The van der Waals surface area contributed by atoms with E-state index < -0.39 is 0 Å². The van der Waals surface area contributed by atoms with Gasteiger partial charge in [-0.2, -0.15) is 0 Å². The topological polar surface area (TPSA) is 51.2 Å². The zero-order valence-electron chi connectivity index (χ0n) is 10.6. The number of benzene rings is 2. The van der Waals surface area contributed by atoms with Gasteiger partial charge < -0.3 is 0 Å². The van der Waals surface area contributed by atoms with Crippen LogP contribution in [0.1, 0.15) is 42.2 Å². The van der Waals surface area contributed by atoms with Crippen molar-refractivity contribution in [3.63, 3.8) is 0 Å². The second-order valence-electron chi connectivity index (χ2n) is 4.50. The predicted octanol–water partition coefficient (Wildman–Crippen LogP) is 2.83. The lowest BCUT2D eigenvalue weighted by atomic mass is 9.81. The number of carbonyl (C=O) groups is 3. The van der Waals surface area contributed by atoms with Gasteiger partial charge in [-0.1, -0.05) is 49.0 Å². The second kappa shape index (κ2) is 4.38. The molecule has 0 aromatic heterocycles. The van der Waals surface area contributed by atoms with E-state index in [-0.39, 0.29) is 34.0 Å². The molecule has 3 heteroatoms. The quantitative estimate of drug-likeness (QED) is 0.527. The van der Waals surface area contributed by atoms with Crippen LogP contribution in [0.5, 0.6) is 0 Å². The van der Waals surface area contributed by atoms with E-state index in [2.05, 4.69) is 6.58 Å². The van der Waals surface area contributed by atoms with Crippen molar-refractivity contribution in [1.29, 1.82) is 0 Å². The van der Waals surface area contributed by atoms with Crippen LogP contribution in [0.2, 0.25) is 0 Å². The van der Waals surface area contributed by atoms with Crippen molar-refractivity contribution in [3.05, 3.63) is 82.9 Å². The highest BCUT2D eigenvalue weighted by molar-refractivity contribution is 6.31. The Labute approximate surface area is 115 Å². The van der Waals surface area contributed by atoms with E-state index >= 15 is 0 Å². The maximum absolute atomic E-state index is 12.6. The van der Waals surface area contributed by atoms with Crippen LogP contribution < -0.4 is 0 Å². The molecular formula is C17H10O3. The third kappa shape index (κ3) is 1.57. The van der Waals surface area contributed by atoms with Gasteiger partial charge in [-0.15, -0.1) is 0 Å². The van der Waals surface area contributed by atoms with Gasteiger partial charge in [0.2, 0.25) is 0 Å². The molecule has 1 aliphatic carbocycles. The Hall–Kier alpha value is -2.81. The van der Waals surface area contributed by atoms with E-state index in [0.29, 0.717) is 11.1 Å². The van der Waals surface area contributed by atoms with Crippen molar-refractivity contribution >= 4 is 17.3 Å². The van der Waals surface area contributed by atoms with E-state index in [0.717, 1.165) is 6.08 Å². The van der Waals surface area contributed by atoms with Crippen molar-refractivity contribution in [2.24, 2.45) is 0 Å². The fraction of sp³-hybridized carbons (Fsp3) is 0. The van der Waals surface area contributed by atoms with Crippen LogP contribution in [-0.2, 0) is 0 Å². The number of rotatable bonds is 2. The minimum atomic E-state index is -0.359. The van der Waals surface area contributed by atoms with Crippen LogP contribution in [0.15, 0.2) is 55.1 Å². The van der Waals surface area contributed by atoms with Gasteiger partial charge in [-0.05, 0) is 6.08 Å². The van der Waals surface area contributed by atoms with Crippen LogP contribution in [0.25, 0.3) is 0 Å². The summed E-state index contributed by atoms with van der Waals surface area (Å²) in [4.78, 5) is 36.9. The molecular weight excluding hydrogens is 252 g/mol. The molecule has 3 nitrogen and oxygen atoms in total. The predicted molar refractivity (Wildman–Crippen MR) is 74.3 cm³/mol. The summed E-state index contributed by atoms with van der Waals surface area (Å²) in [7, 11) is 0. The zero-order valence-corrected chi connectivity index (χ0v) is 10.6. The van der Waals surface area contributed by atoms with E-state index in [1.807, 2.05) is 0 Å². The number of hydrogen-bond donors (Lipinski definition) is 0. The molecule has 0 saturated carbocycles. The molecule has 0 bridgehead atoms. The molecule has 0 fully saturated rings. The average molecular weight is 262 g/mol. The number of carbonyl (C=O) groups excluding carboxylic acids is 3. The molecule has 2 aromatic rings. The third-order valence-electron chi connectivity index (χ3n) is 3.40. The Morgan fingerprint density at radius 1 is 0.850 bits per heavy atom. The molecule has 96 valence electrons. The van der Waals surface area contributed by atoms with Gasteiger partial charge in [0.05, 0.1) is 0 Å². The molecule has 0 aliphatic heterocycles. The van der Waals surface area contributed by atoms with Gasteiger partial charge in [0, 0.05) is 27.8 Å². The first kappa shape index (κ1) is 12.2. The third-order valence-corrected chi connectivity index (χ3v) is 3.40. The monoisotopic (exact) mass is 262 g/mol. The summed E-state index contributed by atoms with van der Waals surface area (Å²) in [5.41, 5.74) is 1.41. The van der Waals surface area contributed by atoms with E-state index in [1.165, 1.54) is 0 Å². The molecule has 0 atom stereocenters. The Kier molecular flexibility index (Phi) is 2.68. The largest absolute Gasteiger partial charge is 0.289 e. The van der Waals surface area contributed by atoms with Crippen molar-refractivity contribution in [2.45, 2.75) is 0 Å². The highest BCUT2D eigenvalue weighted by atomic mass is 16.1. The standard InChI is InChI=1S/C17H10O3/c1-2-14(18)12-8-5-9-13-15(12)17(20)11-7-4-3-6-10(11)16(13)19/h2-9H,1H2. The number of ketones is 3. The van der Waals surface area contributed by atoms with Crippen molar-refractivity contribution in [2.75, 3.05) is 0 Å². The molecule has 2 aromatic carbocycles. The number of fused-ring (bicyclic) bond motifs is 2. The van der Waals surface area contributed by atoms with Gasteiger partial charge >= 0.3 is 0 Å². The summed E-state index contributed by atoms with van der Waals surface area (Å²) in [6, 6.07) is 11.4. The Bertz CT molecular complexity index is 785. The van der Waals surface area contributed by atoms with Gasteiger partial charge in [0.25, 0.3) is 0 Å². The second-order valence-corrected chi connectivity index (χ2v) is 4.50. The summed E-state index contributed by atoms with van der Waals surface area (Å²) in [6.45, 7) is 3.43. The van der Waals surface area contributed by atoms with Crippen LogP contribution in [0.4, 0.5) is 0 Å². The lowest BCUT2D eigenvalue weighted by Gasteiger charge is -2.19. The first-order chi connectivity index (χ1) is 9.65. The van der Waals surface area contributed by atoms with Crippen LogP contribution >= 0.6 is 0 Å². The van der Waals surface area contributed by atoms with Crippen molar-refractivity contribution in [3.8, 4) is 0 Å². The van der Waals surface area contributed by atoms with Gasteiger partial charge in [-0.3, -0.25) is 14.4 Å². The highest BCUT2D eigenvalue weighted by Crippen LogP contribution is 2.29. The lowest BCUT2D eigenvalue weighted by Crippen LogP contribution is -2.23. The molecule has 0 radical (unpaired) electrons. The summed E-state index contributed by atoms with van der Waals surface area (Å²) in [6.07, 6.45) is 1.15. The molecule has 0 saturated heterocycles. The number of allylic oxidation sites excluding steroid dienone is 1. The molecule has 3 rings (SSSR count). The zero-order chi connectivity index (χ0) is 14.3. The van der Waals surface area contributed by atoms with Crippen LogP contribution in [0, 0.1) is 0 Å². The summed E-state index contributed by atoms with van der Waals surface area (Å²) >= 11 is 0. The van der Waals surface area contributed by atoms with Crippen molar-refractivity contribution < 1.29 is 14.4 Å². The smallest absolute Gasteiger partial charge is 0.195 e. The first-order valence-electron chi connectivity index (χ1n) is 6.13. The minimum absolute atomic E-state index is 0.182. The molecule has 0 unspecified atom stereocenters. The fourth-order valence-electron chi connectivity index (χ4n) is 2.46. The average Bonchev–Trinajstić information content (AvgIpc) is 2.51. The van der Waals surface area contributed by atoms with Gasteiger partial charge in [0.15, 0.2) is 17.3 Å². The maximum atomic E-state index is 12.6. The lowest BCUT2D eigenvalue weighted by molar-refractivity contribution is 0.0972. The molecule has 1 aliphatic rings. The Morgan fingerprint density at radius 3 is 2.10 bits per heavy atom. The van der Waals surface area contributed by atoms with E-state index in [1.54, 1.807) is 42.5 Å². The first-order valence-corrected chi connectivity index (χ1v) is 6.13. The summed E-state index contributed by atoms with van der Waals surface area (Å²) < 4.78 is 0. The number of hydrogen-bond acceptors (Lipinski definition) is 3. The fourth-order valence-corrected chi connectivity index (χ4v) is 2.46. The maximum Gasteiger partial charge on any atom is 0.195 e. The van der Waals surface area contributed by atoms with Crippen LogP contribution in [-0.4, -0.2) is 17.3 Å². The summed E-state index contributed by atoms with van der Waals surface area (Å²) in [5.74, 6) is -0.878. The summed E-state index contributed by atoms with van der Waals surface area (Å²) in [5, 5.41) is 0. The van der Waals surface area contributed by atoms with Gasteiger partial charge in [-0.25, -0.2) is 0 Å². The SMILES string of the molecule is C=CC(=O)c1cccc2c1C(=O)c1ccccc1C2=O. The van der Waals surface area contributed by atoms with E-state index in [4.69, 9.17) is 0 Å². The molecule has 0 amide bonds. The Morgan fingerprint density at radius 2 is 1.45 bits per heavy atom.